The van der Waals surface area contributed by atoms with Gasteiger partial charge >= 0.3 is 0 Å². The lowest BCUT2D eigenvalue weighted by Crippen LogP contribution is -2.05. The summed E-state index contributed by atoms with van der Waals surface area (Å²) in [4.78, 5) is 8.53. The fraction of sp³-hybridized carbons (Fsp3) is 0.400. The molecular weight excluding hydrogens is 162 g/mol. The van der Waals surface area contributed by atoms with Gasteiger partial charge in [-0.15, -0.1) is 0 Å². The van der Waals surface area contributed by atoms with Crippen molar-refractivity contribution in [3.8, 4) is 0 Å². The predicted octanol–water partition coefficient (Wildman–Crippen LogP) is 2.08. The van der Waals surface area contributed by atoms with Crippen LogP contribution in [-0.4, -0.2) is 16.5 Å². The van der Waals surface area contributed by atoms with Gasteiger partial charge in [-0.1, -0.05) is 12.2 Å². The molecule has 0 aliphatic carbocycles. The second-order valence-electron chi connectivity index (χ2n) is 3.24. The third-order valence-electron chi connectivity index (χ3n) is 1.76. The maximum Gasteiger partial charge on any atom is 0.145 e. The molecule has 0 radical (unpaired) electrons. The highest BCUT2D eigenvalue weighted by Gasteiger charge is 1.97. The molecule has 1 heterocycles. The highest BCUT2D eigenvalue weighted by molar-refractivity contribution is 5.34. The fourth-order valence-electron chi connectivity index (χ4n) is 0.868. The Kier molecular flexibility index (Phi) is 3.01. The van der Waals surface area contributed by atoms with Crippen LogP contribution < -0.4 is 5.32 Å². The van der Waals surface area contributed by atoms with E-state index in [1.807, 2.05) is 20.8 Å². The quantitative estimate of drug-likeness (QED) is 0.718. The second-order valence-corrected chi connectivity index (χ2v) is 3.24. The summed E-state index contributed by atoms with van der Waals surface area (Å²) in [6.45, 7) is 10.4. The van der Waals surface area contributed by atoms with Crippen molar-refractivity contribution in [2.75, 3.05) is 11.9 Å². The third-order valence-corrected chi connectivity index (χ3v) is 1.76. The molecule has 0 saturated carbocycles. The van der Waals surface area contributed by atoms with Gasteiger partial charge in [0.2, 0.25) is 0 Å². The van der Waals surface area contributed by atoms with Gasteiger partial charge in [-0.25, -0.2) is 4.98 Å². The Morgan fingerprint density at radius 3 is 2.69 bits per heavy atom. The van der Waals surface area contributed by atoms with Gasteiger partial charge in [0.25, 0.3) is 0 Å². The van der Waals surface area contributed by atoms with E-state index in [0.717, 1.165) is 29.3 Å². The molecule has 0 spiro atoms. The van der Waals surface area contributed by atoms with Gasteiger partial charge in [0.15, 0.2) is 0 Å². The van der Waals surface area contributed by atoms with Gasteiger partial charge in [0, 0.05) is 6.54 Å². The first-order chi connectivity index (χ1) is 6.09. The normalized spacial score (nSPS) is 9.77. The van der Waals surface area contributed by atoms with E-state index in [1.165, 1.54) is 0 Å². The largest absolute Gasteiger partial charge is 0.365 e. The Hall–Kier alpha value is -1.38. The number of aryl methyl sites for hydroxylation is 2. The Morgan fingerprint density at radius 2 is 2.15 bits per heavy atom. The number of hydrogen-bond acceptors (Lipinski definition) is 3. The summed E-state index contributed by atoms with van der Waals surface area (Å²) in [5, 5.41) is 3.14. The van der Waals surface area contributed by atoms with Gasteiger partial charge < -0.3 is 5.32 Å². The van der Waals surface area contributed by atoms with E-state index in [-0.39, 0.29) is 0 Å². The second kappa shape index (κ2) is 4.03. The number of nitrogens with zero attached hydrogens (tertiary/aromatic N) is 2. The van der Waals surface area contributed by atoms with E-state index in [2.05, 4.69) is 21.9 Å². The smallest absolute Gasteiger partial charge is 0.145 e. The van der Waals surface area contributed by atoms with Crippen molar-refractivity contribution in [2.24, 2.45) is 0 Å². The van der Waals surface area contributed by atoms with Crippen LogP contribution in [0.25, 0.3) is 0 Å². The molecule has 0 aliphatic rings. The molecule has 0 aromatic carbocycles. The minimum absolute atomic E-state index is 0.747. The lowest BCUT2D eigenvalue weighted by molar-refractivity contribution is 1.03. The monoisotopic (exact) mass is 177 g/mol. The molecule has 3 nitrogen and oxygen atoms in total. The molecule has 0 bridgehead atoms. The number of nitrogens with one attached hydrogen (secondary N) is 1. The molecule has 0 saturated heterocycles. The molecule has 70 valence electrons. The van der Waals surface area contributed by atoms with E-state index < -0.39 is 0 Å². The van der Waals surface area contributed by atoms with Gasteiger partial charge in [-0.05, 0) is 20.8 Å². The van der Waals surface area contributed by atoms with Crippen LogP contribution in [0.3, 0.4) is 0 Å². The first-order valence-corrected chi connectivity index (χ1v) is 4.28. The Balaban J connectivity index is 2.68. The Morgan fingerprint density at radius 1 is 1.46 bits per heavy atom. The van der Waals surface area contributed by atoms with Crippen molar-refractivity contribution in [2.45, 2.75) is 20.8 Å². The van der Waals surface area contributed by atoms with Gasteiger partial charge in [0.05, 0.1) is 17.6 Å². The molecule has 13 heavy (non-hydrogen) atoms. The summed E-state index contributed by atoms with van der Waals surface area (Å²) in [5.74, 6) is 0.811. The van der Waals surface area contributed by atoms with Gasteiger partial charge in [-0.3, -0.25) is 4.98 Å². The minimum atomic E-state index is 0.747. The van der Waals surface area contributed by atoms with E-state index in [9.17, 15) is 0 Å². The number of hydrogen-bond donors (Lipinski definition) is 1. The summed E-state index contributed by atoms with van der Waals surface area (Å²) >= 11 is 0. The molecule has 0 aliphatic heterocycles. The zero-order valence-corrected chi connectivity index (χ0v) is 8.39. The van der Waals surface area contributed by atoms with Crippen molar-refractivity contribution in [3.63, 3.8) is 0 Å². The summed E-state index contributed by atoms with van der Waals surface area (Å²) in [5.41, 5.74) is 3.02. The molecule has 1 rings (SSSR count). The van der Waals surface area contributed by atoms with Crippen LogP contribution in [0, 0.1) is 13.8 Å². The summed E-state index contributed by atoms with van der Waals surface area (Å²) < 4.78 is 0. The fourth-order valence-corrected chi connectivity index (χ4v) is 0.868. The van der Waals surface area contributed by atoms with Gasteiger partial charge in [-0.2, -0.15) is 0 Å². The summed E-state index contributed by atoms with van der Waals surface area (Å²) in [6.07, 6.45) is 1.74. The van der Waals surface area contributed by atoms with Crippen molar-refractivity contribution in [1.29, 1.82) is 0 Å². The van der Waals surface area contributed by atoms with E-state index >= 15 is 0 Å². The predicted molar refractivity (Wildman–Crippen MR) is 54.8 cm³/mol. The van der Waals surface area contributed by atoms with E-state index in [4.69, 9.17) is 0 Å². The highest BCUT2D eigenvalue weighted by atomic mass is 15.0. The maximum absolute atomic E-state index is 4.33. The topological polar surface area (TPSA) is 37.8 Å². The Labute approximate surface area is 78.9 Å². The third kappa shape index (κ3) is 2.86. The lowest BCUT2D eigenvalue weighted by atomic mass is 10.3. The van der Waals surface area contributed by atoms with Crippen LogP contribution >= 0.6 is 0 Å². The average Bonchev–Trinajstić information content (AvgIpc) is 2.07. The number of anilines is 1. The number of rotatable bonds is 3. The van der Waals surface area contributed by atoms with Crippen LogP contribution in [-0.2, 0) is 0 Å². The molecule has 3 heteroatoms. The maximum atomic E-state index is 4.33. The zero-order chi connectivity index (χ0) is 9.84. The van der Waals surface area contributed by atoms with Crippen molar-refractivity contribution < 1.29 is 0 Å². The minimum Gasteiger partial charge on any atom is -0.365 e. The summed E-state index contributed by atoms with van der Waals surface area (Å²) in [7, 11) is 0. The molecule has 1 N–H and O–H groups in total. The average molecular weight is 177 g/mol. The van der Waals surface area contributed by atoms with Crippen molar-refractivity contribution in [3.05, 3.63) is 29.7 Å². The standard InChI is InChI=1S/C10H15N3/c1-7(2)5-12-10-6-11-8(3)9(4)13-10/h6H,1,5H2,2-4H3,(H,12,13). The van der Waals surface area contributed by atoms with Crippen LogP contribution in [0.15, 0.2) is 18.3 Å². The molecule has 0 fully saturated rings. The highest BCUT2D eigenvalue weighted by Crippen LogP contribution is 2.05. The van der Waals surface area contributed by atoms with Crippen LogP contribution in [0.2, 0.25) is 0 Å². The molecule has 1 aromatic rings. The molecule has 0 amide bonds. The number of aromatic nitrogens is 2. The molecular formula is C10H15N3. The Bertz CT molecular complexity index is 318. The van der Waals surface area contributed by atoms with Crippen molar-refractivity contribution in [1.82, 2.24) is 9.97 Å². The zero-order valence-electron chi connectivity index (χ0n) is 8.39. The van der Waals surface area contributed by atoms with Gasteiger partial charge in [0.1, 0.15) is 5.82 Å². The van der Waals surface area contributed by atoms with Crippen molar-refractivity contribution >= 4 is 5.82 Å². The molecule has 0 unspecified atom stereocenters. The van der Waals surface area contributed by atoms with Crippen LogP contribution in [0.4, 0.5) is 5.82 Å². The first kappa shape index (κ1) is 9.71. The SMILES string of the molecule is C=C(C)CNc1cnc(C)c(C)n1. The first-order valence-electron chi connectivity index (χ1n) is 4.28. The van der Waals surface area contributed by atoms with Crippen LogP contribution in [0.1, 0.15) is 18.3 Å². The van der Waals surface area contributed by atoms with E-state index in [1.54, 1.807) is 6.20 Å². The lowest BCUT2D eigenvalue weighted by Gasteiger charge is -2.06. The van der Waals surface area contributed by atoms with Crippen LogP contribution in [0.5, 0.6) is 0 Å². The molecule has 0 atom stereocenters. The summed E-state index contributed by atoms with van der Waals surface area (Å²) in [6, 6.07) is 0. The van der Waals surface area contributed by atoms with E-state index in [0.29, 0.717) is 0 Å². The molecule has 1 aromatic heterocycles.